The molecule has 1 amide bonds. The standard InChI is InChI=1S/C23H20N4O4/c1-27-13-17(11-14-7-9-16(10-8-14)23(30)31)19(28)18-21(27)26-20(25-18)22(29)24-12-15-5-3-2-4-6-15/h2-10,13H,11-12H2,1H3,(H,24,29)(H,25,26)(H,30,31). The van der Waals surface area contributed by atoms with Gasteiger partial charge in [0.05, 0.1) is 5.56 Å². The normalized spacial score (nSPS) is 10.9. The molecular weight excluding hydrogens is 396 g/mol. The van der Waals surface area contributed by atoms with Crippen molar-refractivity contribution in [2.24, 2.45) is 7.05 Å². The van der Waals surface area contributed by atoms with Crippen LogP contribution in [0.4, 0.5) is 0 Å². The zero-order valence-corrected chi connectivity index (χ0v) is 16.8. The molecule has 0 unspecified atom stereocenters. The number of rotatable bonds is 6. The van der Waals surface area contributed by atoms with Crippen molar-refractivity contribution in [1.82, 2.24) is 19.9 Å². The molecule has 0 saturated carbocycles. The number of carbonyl (C=O) groups is 2. The Hall–Kier alpha value is -4.20. The molecule has 0 fully saturated rings. The van der Waals surface area contributed by atoms with E-state index in [9.17, 15) is 14.4 Å². The van der Waals surface area contributed by atoms with Crippen molar-refractivity contribution in [2.75, 3.05) is 0 Å². The van der Waals surface area contributed by atoms with Gasteiger partial charge in [-0.1, -0.05) is 42.5 Å². The number of carboxylic acid groups (broad SMARTS) is 1. The number of nitrogens with one attached hydrogen (secondary N) is 2. The number of benzene rings is 2. The summed E-state index contributed by atoms with van der Waals surface area (Å²) in [5.74, 6) is -1.33. The molecule has 0 saturated heterocycles. The van der Waals surface area contributed by atoms with Crippen LogP contribution in [0, 0.1) is 0 Å². The average Bonchev–Trinajstić information content (AvgIpc) is 3.23. The maximum absolute atomic E-state index is 13.0. The lowest BCUT2D eigenvalue weighted by molar-refractivity contribution is 0.0696. The van der Waals surface area contributed by atoms with Gasteiger partial charge in [-0.15, -0.1) is 0 Å². The Balaban J connectivity index is 1.58. The van der Waals surface area contributed by atoms with Crippen molar-refractivity contribution in [3.63, 3.8) is 0 Å². The molecule has 4 rings (SSSR count). The fraction of sp³-hybridized carbons (Fsp3) is 0.130. The number of carboxylic acids is 1. The van der Waals surface area contributed by atoms with E-state index in [0.29, 0.717) is 24.2 Å². The number of aryl methyl sites for hydroxylation is 1. The maximum atomic E-state index is 13.0. The summed E-state index contributed by atoms with van der Waals surface area (Å²) in [5.41, 5.74) is 2.86. The summed E-state index contributed by atoms with van der Waals surface area (Å²) in [6, 6.07) is 15.9. The number of aromatic amines is 1. The number of fused-ring (bicyclic) bond motifs is 1. The van der Waals surface area contributed by atoms with Gasteiger partial charge in [-0.05, 0) is 23.3 Å². The third kappa shape index (κ3) is 4.23. The van der Waals surface area contributed by atoms with Crippen LogP contribution in [0.25, 0.3) is 11.2 Å². The number of aromatic nitrogens is 3. The molecule has 2 aromatic carbocycles. The molecule has 0 atom stereocenters. The third-order valence-electron chi connectivity index (χ3n) is 4.99. The first kappa shape index (κ1) is 20.1. The highest BCUT2D eigenvalue weighted by Crippen LogP contribution is 2.13. The Kier molecular flexibility index (Phi) is 5.36. The van der Waals surface area contributed by atoms with E-state index in [4.69, 9.17) is 5.11 Å². The second-order valence-electron chi connectivity index (χ2n) is 7.23. The zero-order chi connectivity index (χ0) is 22.0. The lowest BCUT2D eigenvalue weighted by Crippen LogP contribution is -2.24. The molecule has 0 aliphatic heterocycles. The van der Waals surface area contributed by atoms with E-state index in [-0.39, 0.29) is 22.3 Å². The molecule has 0 bridgehead atoms. The Morgan fingerprint density at radius 2 is 1.77 bits per heavy atom. The van der Waals surface area contributed by atoms with Crippen molar-refractivity contribution >= 4 is 23.0 Å². The first-order valence-corrected chi connectivity index (χ1v) is 9.65. The number of nitrogens with zero attached hydrogens (tertiary/aromatic N) is 2. The quantitative estimate of drug-likeness (QED) is 0.446. The van der Waals surface area contributed by atoms with Crippen LogP contribution < -0.4 is 10.7 Å². The summed E-state index contributed by atoms with van der Waals surface area (Å²) in [5, 5.41) is 11.8. The van der Waals surface area contributed by atoms with E-state index in [2.05, 4.69) is 15.3 Å². The first-order valence-electron chi connectivity index (χ1n) is 9.65. The summed E-state index contributed by atoms with van der Waals surface area (Å²) >= 11 is 0. The van der Waals surface area contributed by atoms with Crippen molar-refractivity contribution in [3.05, 3.63) is 99.1 Å². The van der Waals surface area contributed by atoms with Gasteiger partial charge in [-0.3, -0.25) is 9.59 Å². The lowest BCUT2D eigenvalue weighted by Gasteiger charge is -2.06. The molecular formula is C23H20N4O4. The fourth-order valence-electron chi connectivity index (χ4n) is 3.37. The summed E-state index contributed by atoms with van der Waals surface area (Å²) in [4.78, 5) is 43.6. The van der Waals surface area contributed by atoms with Gasteiger partial charge in [0.15, 0.2) is 11.5 Å². The van der Waals surface area contributed by atoms with Gasteiger partial charge < -0.3 is 20.0 Å². The summed E-state index contributed by atoms with van der Waals surface area (Å²) in [6.07, 6.45) is 2.01. The third-order valence-corrected chi connectivity index (χ3v) is 4.99. The van der Waals surface area contributed by atoms with E-state index in [1.165, 1.54) is 12.1 Å². The molecule has 0 aliphatic rings. The van der Waals surface area contributed by atoms with Crippen molar-refractivity contribution in [1.29, 1.82) is 0 Å². The Morgan fingerprint density at radius 1 is 1.06 bits per heavy atom. The van der Waals surface area contributed by atoms with Crippen LogP contribution in [0.2, 0.25) is 0 Å². The minimum absolute atomic E-state index is 0.0709. The number of pyridine rings is 1. The van der Waals surface area contributed by atoms with Gasteiger partial charge in [0, 0.05) is 31.8 Å². The smallest absolute Gasteiger partial charge is 0.335 e. The molecule has 2 heterocycles. The monoisotopic (exact) mass is 416 g/mol. The lowest BCUT2D eigenvalue weighted by atomic mass is 10.0. The highest BCUT2D eigenvalue weighted by molar-refractivity contribution is 5.93. The summed E-state index contributed by atoms with van der Waals surface area (Å²) < 4.78 is 1.70. The molecule has 31 heavy (non-hydrogen) atoms. The molecule has 8 nitrogen and oxygen atoms in total. The Labute approximate surface area is 177 Å². The van der Waals surface area contributed by atoms with Gasteiger partial charge >= 0.3 is 5.97 Å². The van der Waals surface area contributed by atoms with E-state index in [1.54, 1.807) is 29.9 Å². The average molecular weight is 416 g/mol. The summed E-state index contributed by atoms with van der Waals surface area (Å²) in [7, 11) is 1.76. The van der Waals surface area contributed by atoms with Crippen LogP contribution in [-0.4, -0.2) is 31.5 Å². The van der Waals surface area contributed by atoms with E-state index in [1.807, 2.05) is 30.3 Å². The van der Waals surface area contributed by atoms with Crippen molar-refractivity contribution in [2.45, 2.75) is 13.0 Å². The van der Waals surface area contributed by atoms with Crippen LogP contribution in [0.1, 0.15) is 37.7 Å². The minimum Gasteiger partial charge on any atom is -0.478 e. The van der Waals surface area contributed by atoms with E-state index >= 15 is 0 Å². The van der Waals surface area contributed by atoms with Crippen LogP contribution in [0.5, 0.6) is 0 Å². The number of aromatic carboxylic acids is 1. The minimum atomic E-state index is -1.00. The number of hydrogen-bond donors (Lipinski definition) is 3. The second-order valence-corrected chi connectivity index (χ2v) is 7.23. The van der Waals surface area contributed by atoms with Crippen LogP contribution in [-0.2, 0) is 20.0 Å². The van der Waals surface area contributed by atoms with Crippen LogP contribution >= 0.6 is 0 Å². The predicted molar refractivity (Wildman–Crippen MR) is 115 cm³/mol. The first-order chi connectivity index (χ1) is 14.9. The van der Waals surface area contributed by atoms with Gasteiger partial charge in [0.25, 0.3) is 5.91 Å². The van der Waals surface area contributed by atoms with Gasteiger partial charge in [-0.25, -0.2) is 9.78 Å². The molecule has 8 heteroatoms. The Morgan fingerprint density at radius 3 is 2.45 bits per heavy atom. The molecule has 156 valence electrons. The number of amides is 1. The zero-order valence-electron chi connectivity index (χ0n) is 16.8. The van der Waals surface area contributed by atoms with Gasteiger partial charge in [0.2, 0.25) is 5.43 Å². The number of H-pyrrole nitrogens is 1. The SMILES string of the molecule is Cn1cc(Cc2ccc(C(=O)O)cc2)c(=O)c2[nH]c(C(=O)NCc3ccccc3)nc21. The molecule has 4 aromatic rings. The van der Waals surface area contributed by atoms with E-state index < -0.39 is 11.9 Å². The van der Waals surface area contributed by atoms with Crippen molar-refractivity contribution < 1.29 is 14.7 Å². The molecule has 3 N–H and O–H groups in total. The van der Waals surface area contributed by atoms with Crippen LogP contribution in [0.3, 0.4) is 0 Å². The predicted octanol–water partition coefficient (Wildman–Crippen LogP) is 2.48. The van der Waals surface area contributed by atoms with Crippen molar-refractivity contribution in [3.8, 4) is 0 Å². The maximum Gasteiger partial charge on any atom is 0.335 e. The largest absolute Gasteiger partial charge is 0.478 e. The molecule has 2 aromatic heterocycles. The molecule has 0 radical (unpaired) electrons. The van der Waals surface area contributed by atoms with Crippen LogP contribution in [0.15, 0.2) is 65.6 Å². The highest BCUT2D eigenvalue weighted by Gasteiger charge is 2.17. The fourth-order valence-corrected chi connectivity index (χ4v) is 3.37. The molecule has 0 spiro atoms. The topological polar surface area (TPSA) is 117 Å². The van der Waals surface area contributed by atoms with E-state index in [0.717, 1.165) is 11.1 Å². The number of carbonyl (C=O) groups excluding carboxylic acids is 1. The summed E-state index contributed by atoms with van der Waals surface area (Å²) in [6.45, 7) is 0.352. The Bertz CT molecular complexity index is 1320. The number of imidazole rings is 1. The second kappa shape index (κ2) is 8.27. The van der Waals surface area contributed by atoms with Gasteiger partial charge in [-0.2, -0.15) is 0 Å². The number of hydrogen-bond acceptors (Lipinski definition) is 4. The molecule has 0 aliphatic carbocycles. The highest BCUT2D eigenvalue weighted by atomic mass is 16.4. The van der Waals surface area contributed by atoms with Gasteiger partial charge in [0.1, 0.15) is 5.52 Å².